The minimum atomic E-state index is -0.509. The first-order valence-corrected chi connectivity index (χ1v) is 6.45. The van der Waals surface area contributed by atoms with Crippen LogP contribution in [0.15, 0.2) is 48.5 Å². The molecule has 2 rings (SSSR count). The standard InChI is InChI=1S/C15H15NO6/c17-13-5-7-14(8-6-13)22-15(18)12-3-1-11(2-4-12)9-10-21-16(19)20/h1-8,17,19-20H,9-10H2. The molecule has 0 spiro atoms. The summed E-state index contributed by atoms with van der Waals surface area (Å²) in [5, 5.41) is 25.6. The molecule has 0 bridgehead atoms. The number of nitrogens with zero attached hydrogens (tertiary/aromatic N) is 1. The van der Waals surface area contributed by atoms with Crippen LogP contribution < -0.4 is 4.74 Å². The van der Waals surface area contributed by atoms with Crippen LogP contribution >= 0.6 is 0 Å². The fraction of sp³-hybridized carbons (Fsp3) is 0.133. The molecule has 3 N–H and O–H groups in total. The van der Waals surface area contributed by atoms with E-state index in [1.165, 1.54) is 24.3 Å². The normalized spacial score (nSPS) is 10.7. The zero-order valence-electron chi connectivity index (χ0n) is 11.5. The Morgan fingerprint density at radius 1 is 1.00 bits per heavy atom. The number of esters is 1. The van der Waals surface area contributed by atoms with Gasteiger partial charge in [0.05, 0.1) is 17.6 Å². The van der Waals surface area contributed by atoms with Gasteiger partial charge in [0.25, 0.3) is 0 Å². The molecule has 2 aromatic carbocycles. The van der Waals surface area contributed by atoms with Crippen molar-refractivity contribution in [3.8, 4) is 11.5 Å². The van der Waals surface area contributed by atoms with Crippen LogP contribution in [0.25, 0.3) is 0 Å². The Morgan fingerprint density at radius 2 is 1.64 bits per heavy atom. The summed E-state index contributed by atoms with van der Waals surface area (Å²) < 4.78 is 5.16. The van der Waals surface area contributed by atoms with Gasteiger partial charge in [0.1, 0.15) is 11.5 Å². The third-order valence-corrected chi connectivity index (χ3v) is 2.83. The minimum absolute atomic E-state index is 0.0876. The molecule has 0 heterocycles. The van der Waals surface area contributed by atoms with E-state index in [9.17, 15) is 4.79 Å². The lowest BCUT2D eigenvalue weighted by Crippen LogP contribution is -2.16. The topological polar surface area (TPSA) is 99.5 Å². The fourth-order valence-electron chi connectivity index (χ4n) is 1.73. The molecule has 0 aromatic heterocycles. The van der Waals surface area contributed by atoms with Gasteiger partial charge < -0.3 is 9.84 Å². The number of carbonyl (C=O) groups excluding carboxylic acids is 1. The number of rotatable bonds is 6. The van der Waals surface area contributed by atoms with Crippen LogP contribution in [0.2, 0.25) is 0 Å². The predicted octanol–water partition coefficient (Wildman–Crippen LogP) is 2.17. The molecule has 22 heavy (non-hydrogen) atoms. The van der Waals surface area contributed by atoms with Crippen molar-refractivity contribution in [3.63, 3.8) is 0 Å². The van der Waals surface area contributed by atoms with Gasteiger partial charge in [-0.2, -0.15) is 0 Å². The molecule has 2 aromatic rings. The maximum atomic E-state index is 11.9. The zero-order chi connectivity index (χ0) is 15.9. The van der Waals surface area contributed by atoms with Gasteiger partial charge >= 0.3 is 5.97 Å². The molecule has 7 heteroatoms. The van der Waals surface area contributed by atoms with Crippen molar-refractivity contribution in [3.05, 3.63) is 59.7 Å². The molecule has 0 amide bonds. The number of carbonyl (C=O) groups is 1. The van der Waals surface area contributed by atoms with Crippen molar-refractivity contribution in [2.45, 2.75) is 6.42 Å². The van der Waals surface area contributed by atoms with Gasteiger partial charge in [-0.25, -0.2) is 4.79 Å². The first-order valence-electron chi connectivity index (χ1n) is 6.45. The number of hydrogen-bond donors (Lipinski definition) is 3. The Morgan fingerprint density at radius 3 is 2.23 bits per heavy atom. The fourth-order valence-corrected chi connectivity index (χ4v) is 1.73. The summed E-state index contributed by atoms with van der Waals surface area (Å²) in [4.78, 5) is 16.4. The second-order valence-electron chi connectivity index (χ2n) is 4.42. The molecule has 0 atom stereocenters. The smallest absolute Gasteiger partial charge is 0.343 e. The largest absolute Gasteiger partial charge is 0.508 e. The van der Waals surface area contributed by atoms with Gasteiger partial charge in [-0.15, -0.1) is 0 Å². The summed E-state index contributed by atoms with van der Waals surface area (Å²) in [7, 11) is 0. The summed E-state index contributed by atoms with van der Waals surface area (Å²) in [6, 6.07) is 12.5. The van der Waals surface area contributed by atoms with Crippen LogP contribution in [0.3, 0.4) is 0 Å². The number of phenols is 1. The number of hydrogen-bond acceptors (Lipinski definition) is 7. The zero-order valence-corrected chi connectivity index (χ0v) is 11.5. The molecule has 7 nitrogen and oxygen atoms in total. The van der Waals surface area contributed by atoms with E-state index in [-0.39, 0.29) is 17.7 Å². The van der Waals surface area contributed by atoms with Crippen LogP contribution in [-0.2, 0) is 11.3 Å². The number of phenolic OH excluding ortho intramolecular Hbond substituents is 1. The number of benzene rings is 2. The van der Waals surface area contributed by atoms with E-state index >= 15 is 0 Å². The highest BCUT2D eigenvalue weighted by atomic mass is 17.1. The van der Waals surface area contributed by atoms with Crippen molar-refractivity contribution < 1.29 is 29.9 Å². The number of ether oxygens (including phenoxy) is 1. The van der Waals surface area contributed by atoms with Crippen LogP contribution in [0, 0.1) is 0 Å². The summed E-state index contributed by atoms with van der Waals surface area (Å²) in [5.74, 6) is -0.0765. The second kappa shape index (κ2) is 7.53. The predicted molar refractivity (Wildman–Crippen MR) is 74.6 cm³/mol. The Labute approximate surface area is 126 Å². The van der Waals surface area contributed by atoms with Crippen LogP contribution in [-0.4, -0.2) is 33.5 Å². The highest BCUT2D eigenvalue weighted by Gasteiger charge is 2.08. The van der Waals surface area contributed by atoms with E-state index in [4.69, 9.17) is 20.3 Å². The molecule has 116 valence electrons. The second-order valence-corrected chi connectivity index (χ2v) is 4.42. The molecule has 0 radical (unpaired) electrons. The molecule has 0 aliphatic heterocycles. The highest BCUT2D eigenvalue weighted by molar-refractivity contribution is 5.91. The van der Waals surface area contributed by atoms with E-state index < -0.39 is 5.97 Å². The summed E-state index contributed by atoms with van der Waals surface area (Å²) in [6.07, 6.45) is 0.449. The Balaban J connectivity index is 1.91. The third-order valence-electron chi connectivity index (χ3n) is 2.83. The summed E-state index contributed by atoms with van der Waals surface area (Å²) in [5.41, 5.74) is 1.24. The van der Waals surface area contributed by atoms with Gasteiger partial charge in [-0.1, -0.05) is 12.1 Å². The van der Waals surface area contributed by atoms with Crippen LogP contribution in [0.5, 0.6) is 11.5 Å². The molecule has 0 aliphatic rings. The van der Waals surface area contributed by atoms with Gasteiger partial charge in [0.2, 0.25) is 0 Å². The molecule has 0 aliphatic carbocycles. The Bertz CT molecular complexity index is 609. The Hall–Kier alpha value is -2.45. The first kappa shape index (κ1) is 15.9. The van der Waals surface area contributed by atoms with E-state index in [0.29, 0.717) is 17.7 Å². The van der Waals surface area contributed by atoms with Crippen molar-refractivity contribution in [2.75, 3.05) is 6.61 Å². The number of aromatic hydroxyl groups is 1. The SMILES string of the molecule is O=C(Oc1ccc(O)cc1)c1ccc(CCON(O)O)cc1. The molecular weight excluding hydrogens is 290 g/mol. The third kappa shape index (κ3) is 4.83. The highest BCUT2D eigenvalue weighted by Crippen LogP contribution is 2.17. The quantitative estimate of drug-likeness (QED) is 0.427. The molecule has 0 fully saturated rings. The average molecular weight is 305 g/mol. The molecule has 0 saturated carbocycles. The summed E-state index contributed by atoms with van der Waals surface area (Å²) >= 11 is 0. The monoisotopic (exact) mass is 305 g/mol. The van der Waals surface area contributed by atoms with Gasteiger partial charge in [0.15, 0.2) is 0 Å². The Kier molecular flexibility index (Phi) is 5.45. The average Bonchev–Trinajstić information content (AvgIpc) is 2.50. The van der Waals surface area contributed by atoms with Crippen molar-refractivity contribution in [1.29, 1.82) is 0 Å². The maximum absolute atomic E-state index is 11.9. The van der Waals surface area contributed by atoms with Crippen molar-refractivity contribution in [2.24, 2.45) is 0 Å². The van der Waals surface area contributed by atoms with Gasteiger partial charge in [-0.05, 0) is 48.4 Å². The maximum Gasteiger partial charge on any atom is 0.343 e. The molecular formula is C15H15NO6. The van der Waals surface area contributed by atoms with Gasteiger partial charge in [0, 0.05) is 0 Å². The lowest BCUT2D eigenvalue weighted by molar-refractivity contribution is -0.492. The van der Waals surface area contributed by atoms with Gasteiger partial charge in [-0.3, -0.25) is 15.3 Å². The lowest BCUT2D eigenvalue weighted by Gasteiger charge is -2.07. The van der Waals surface area contributed by atoms with Crippen LogP contribution in [0.4, 0.5) is 0 Å². The minimum Gasteiger partial charge on any atom is -0.508 e. The van der Waals surface area contributed by atoms with E-state index in [1.807, 2.05) is 0 Å². The van der Waals surface area contributed by atoms with Crippen molar-refractivity contribution in [1.82, 2.24) is 5.39 Å². The summed E-state index contributed by atoms with van der Waals surface area (Å²) in [6.45, 7) is 0.0876. The van der Waals surface area contributed by atoms with Crippen molar-refractivity contribution >= 4 is 5.97 Å². The van der Waals surface area contributed by atoms with E-state index in [2.05, 4.69) is 4.84 Å². The molecule has 0 unspecified atom stereocenters. The van der Waals surface area contributed by atoms with E-state index in [0.717, 1.165) is 5.56 Å². The lowest BCUT2D eigenvalue weighted by atomic mass is 10.1. The van der Waals surface area contributed by atoms with Crippen LogP contribution in [0.1, 0.15) is 15.9 Å². The molecule has 0 saturated heterocycles. The first-order chi connectivity index (χ1) is 10.5. The van der Waals surface area contributed by atoms with E-state index in [1.54, 1.807) is 24.3 Å².